The molecule has 0 aliphatic carbocycles. The Morgan fingerprint density at radius 1 is 1.12 bits per heavy atom. The Morgan fingerprint density at radius 2 is 1.92 bits per heavy atom. The van der Waals surface area contributed by atoms with E-state index in [0.717, 1.165) is 23.9 Å². The maximum absolute atomic E-state index is 13.1. The van der Waals surface area contributed by atoms with Gasteiger partial charge < -0.3 is 15.8 Å². The van der Waals surface area contributed by atoms with Crippen molar-refractivity contribution in [3.8, 4) is 5.75 Å². The fourth-order valence-corrected chi connectivity index (χ4v) is 2.45. The summed E-state index contributed by atoms with van der Waals surface area (Å²) >= 11 is 1.08. The molecule has 0 aliphatic heterocycles. The van der Waals surface area contributed by atoms with Crippen LogP contribution in [0.4, 0.5) is 14.5 Å². The number of hydrogen-bond donors (Lipinski definition) is 2. The van der Waals surface area contributed by atoms with E-state index in [1.165, 1.54) is 6.07 Å². The topological polar surface area (TPSA) is 81.4 Å². The molecular formula is C16H14F2N2O3S. The lowest BCUT2D eigenvalue weighted by Crippen LogP contribution is -2.20. The first-order valence-corrected chi connectivity index (χ1v) is 7.81. The van der Waals surface area contributed by atoms with Crippen LogP contribution in [0.15, 0.2) is 47.4 Å². The van der Waals surface area contributed by atoms with Gasteiger partial charge in [-0.15, -0.1) is 11.8 Å². The highest BCUT2D eigenvalue weighted by Gasteiger charge is 2.07. The first-order valence-electron chi connectivity index (χ1n) is 6.83. The monoisotopic (exact) mass is 352 g/mol. The first-order chi connectivity index (χ1) is 11.4. The number of hydrogen-bond acceptors (Lipinski definition) is 4. The summed E-state index contributed by atoms with van der Waals surface area (Å²) in [5, 5.41) is 2.64. The molecule has 0 aromatic heterocycles. The predicted molar refractivity (Wildman–Crippen MR) is 86.8 cm³/mol. The van der Waals surface area contributed by atoms with Gasteiger partial charge in [0.1, 0.15) is 5.75 Å². The van der Waals surface area contributed by atoms with Crippen LogP contribution in [0, 0.1) is 11.6 Å². The quantitative estimate of drug-likeness (QED) is 0.751. The van der Waals surface area contributed by atoms with Gasteiger partial charge in [0.15, 0.2) is 18.2 Å². The minimum absolute atomic E-state index is 0.0252. The van der Waals surface area contributed by atoms with Crippen molar-refractivity contribution in [3.05, 3.63) is 54.1 Å². The molecule has 5 nitrogen and oxygen atoms in total. The van der Waals surface area contributed by atoms with Crippen molar-refractivity contribution in [2.45, 2.75) is 4.90 Å². The Bertz CT molecular complexity index is 756. The second kappa shape index (κ2) is 8.30. The van der Waals surface area contributed by atoms with Gasteiger partial charge in [-0.05, 0) is 30.3 Å². The van der Waals surface area contributed by atoms with E-state index in [1.807, 2.05) is 0 Å². The van der Waals surface area contributed by atoms with Crippen LogP contribution >= 0.6 is 11.8 Å². The van der Waals surface area contributed by atoms with Gasteiger partial charge in [0.2, 0.25) is 5.91 Å². The zero-order valence-corrected chi connectivity index (χ0v) is 13.2. The fourth-order valence-electron chi connectivity index (χ4n) is 1.73. The Morgan fingerprint density at radius 3 is 2.62 bits per heavy atom. The molecule has 2 amide bonds. The molecule has 0 heterocycles. The average molecular weight is 352 g/mol. The summed E-state index contributed by atoms with van der Waals surface area (Å²) in [6.07, 6.45) is 0. The summed E-state index contributed by atoms with van der Waals surface area (Å²) in [5.41, 5.74) is 5.47. The van der Waals surface area contributed by atoms with Crippen molar-refractivity contribution in [1.29, 1.82) is 0 Å². The van der Waals surface area contributed by atoms with Crippen molar-refractivity contribution in [2.75, 3.05) is 17.7 Å². The maximum atomic E-state index is 13.1. The van der Waals surface area contributed by atoms with E-state index < -0.39 is 17.5 Å². The van der Waals surface area contributed by atoms with Crippen molar-refractivity contribution >= 4 is 29.3 Å². The van der Waals surface area contributed by atoms with E-state index in [9.17, 15) is 18.4 Å². The largest absolute Gasteiger partial charge is 0.484 e. The molecule has 0 saturated heterocycles. The second-order valence-electron chi connectivity index (χ2n) is 4.70. The van der Waals surface area contributed by atoms with E-state index in [-0.39, 0.29) is 18.3 Å². The van der Waals surface area contributed by atoms with Crippen LogP contribution < -0.4 is 15.8 Å². The highest BCUT2D eigenvalue weighted by Crippen LogP contribution is 2.21. The number of benzene rings is 2. The normalized spacial score (nSPS) is 10.2. The number of amides is 2. The standard InChI is InChI=1S/C16H14F2N2O3S/c17-13-5-4-12(7-14(13)18)24-9-16(22)20-10-2-1-3-11(6-10)23-8-15(19)21/h1-7H,8-9H2,(H2,19,21)(H,20,22). The van der Waals surface area contributed by atoms with Gasteiger partial charge >= 0.3 is 0 Å². The first kappa shape index (κ1) is 17.7. The minimum atomic E-state index is -0.959. The van der Waals surface area contributed by atoms with Gasteiger partial charge in [0, 0.05) is 16.6 Å². The van der Waals surface area contributed by atoms with E-state index >= 15 is 0 Å². The lowest BCUT2D eigenvalue weighted by Gasteiger charge is -2.08. The fraction of sp³-hybridized carbons (Fsp3) is 0.125. The van der Waals surface area contributed by atoms with Gasteiger partial charge in [-0.25, -0.2) is 8.78 Å². The molecule has 2 aromatic rings. The third-order valence-electron chi connectivity index (χ3n) is 2.76. The molecule has 24 heavy (non-hydrogen) atoms. The summed E-state index contributed by atoms with van der Waals surface area (Å²) in [6.45, 7) is -0.261. The van der Waals surface area contributed by atoms with Crippen molar-refractivity contribution < 1.29 is 23.1 Å². The number of carbonyl (C=O) groups is 2. The molecular weight excluding hydrogens is 338 g/mol. The number of nitrogens with one attached hydrogen (secondary N) is 1. The van der Waals surface area contributed by atoms with E-state index in [1.54, 1.807) is 24.3 Å². The van der Waals surface area contributed by atoms with Crippen LogP contribution in [0.3, 0.4) is 0 Å². The van der Waals surface area contributed by atoms with Gasteiger partial charge in [-0.1, -0.05) is 6.07 Å². The van der Waals surface area contributed by atoms with Gasteiger partial charge in [0.05, 0.1) is 5.75 Å². The summed E-state index contributed by atoms with van der Waals surface area (Å²) in [6, 6.07) is 9.90. The number of ether oxygens (including phenoxy) is 1. The molecule has 0 aliphatic rings. The molecule has 2 aromatic carbocycles. The molecule has 0 atom stereocenters. The highest BCUT2D eigenvalue weighted by atomic mass is 32.2. The second-order valence-corrected chi connectivity index (χ2v) is 5.74. The number of halogens is 2. The molecule has 3 N–H and O–H groups in total. The van der Waals surface area contributed by atoms with Crippen LogP contribution in [0.5, 0.6) is 5.75 Å². The Labute approximate surface area is 141 Å². The van der Waals surface area contributed by atoms with Crippen LogP contribution in [0.2, 0.25) is 0 Å². The third-order valence-corrected chi connectivity index (χ3v) is 3.75. The van der Waals surface area contributed by atoms with Gasteiger partial charge in [0.25, 0.3) is 5.91 Å². The zero-order valence-electron chi connectivity index (χ0n) is 12.4. The van der Waals surface area contributed by atoms with Gasteiger partial charge in [-0.2, -0.15) is 0 Å². The number of carbonyl (C=O) groups excluding carboxylic acids is 2. The molecule has 0 bridgehead atoms. The zero-order chi connectivity index (χ0) is 17.5. The molecule has 0 fully saturated rings. The molecule has 0 radical (unpaired) electrons. The van der Waals surface area contributed by atoms with E-state index in [2.05, 4.69) is 5.32 Å². The highest BCUT2D eigenvalue weighted by molar-refractivity contribution is 8.00. The van der Waals surface area contributed by atoms with E-state index in [4.69, 9.17) is 10.5 Å². The minimum Gasteiger partial charge on any atom is -0.484 e. The SMILES string of the molecule is NC(=O)COc1cccc(NC(=O)CSc2ccc(F)c(F)c2)c1. The van der Waals surface area contributed by atoms with E-state index in [0.29, 0.717) is 16.3 Å². The maximum Gasteiger partial charge on any atom is 0.255 e. The number of nitrogens with two attached hydrogens (primary N) is 1. The lowest BCUT2D eigenvalue weighted by atomic mass is 10.3. The Hall–Kier alpha value is -2.61. The molecule has 0 unspecified atom stereocenters. The molecule has 0 spiro atoms. The van der Waals surface area contributed by atoms with Gasteiger partial charge in [-0.3, -0.25) is 9.59 Å². The smallest absolute Gasteiger partial charge is 0.255 e. The van der Waals surface area contributed by atoms with Crippen LogP contribution in [-0.4, -0.2) is 24.2 Å². The Kier molecular flexibility index (Phi) is 6.14. The van der Waals surface area contributed by atoms with Crippen LogP contribution in [0.1, 0.15) is 0 Å². The number of thioether (sulfide) groups is 1. The predicted octanol–water partition coefficient (Wildman–Crippen LogP) is 2.56. The summed E-state index contributed by atoms with van der Waals surface area (Å²) in [5.74, 6) is -2.41. The molecule has 0 saturated carbocycles. The molecule has 126 valence electrons. The number of rotatable bonds is 7. The van der Waals surface area contributed by atoms with Crippen LogP contribution in [0.25, 0.3) is 0 Å². The summed E-state index contributed by atoms with van der Waals surface area (Å²) < 4.78 is 31.1. The van der Waals surface area contributed by atoms with Crippen molar-refractivity contribution in [1.82, 2.24) is 0 Å². The molecule has 8 heteroatoms. The third kappa shape index (κ3) is 5.54. The lowest BCUT2D eigenvalue weighted by molar-refractivity contribution is -0.120. The average Bonchev–Trinajstić information content (AvgIpc) is 2.54. The number of anilines is 1. The Balaban J connectivity index is 1.88. The van der Waals surface area contributed by atoms with Crippen LogP contribution in [-0.2, 0) is 9.59 Å². The molecule has 2 rings (SSSR count). The number of primary amides is 1. The summed E-state index contributed by atoms with van der Waals surface area (Å²) in [4.78, 5) is 23.0. The van der Waals surface area contributed by atoms with Crippen molar-refractivity contribution in [2.24, 2.45) is 5.73 Å². The van der Waals surface area contributed by atoms with Crippen molar-refractivity contribution in [3.63, 3.8) is 0 Å². The summed E-state index contributed by atoms with van der Waals surface area (Å²) in [7, 11) is 0.